The zero-order valence-electron chi connectivity index (χ0n) is 10.8. The molecule has 94 valence electrons. The van der Waals surface area contributed by atoms with Crippen LogP contribution < -0.4 is 5.73 Å². The molecular formula is C12H18N2O3. The van der Waals surface area contributed by atoms with Crippen molar-refractivity contribution in [1.82, 2.24) is 4.90 Å². The third kappa shape index (κ3) is 1.66. The van der Waals surface area contributed by atoms with E-state index >= 15 is 0 Å². The number of hydrogen-bond donors (Lipinski definition) is 1. The van der Waals surface area contributed by atoms with Gasteiger partial charge in [-0.25, -0.2) is 0 Å². The fraction of sp³-hybridized carbons (Fsp3) is 0.583. The predicted molar refractivity (Wildman–Crippen MR) is 62.7 cm³/mol. The first kappa shape index (κ1) is 13.4. The van der Waals surface area contributed by atoms with E-state index in [1.165, 1.54) is 6.92 Å². The molecule has 2 N–H and O–H groups in total. The van der Waals surface area contributed by atoms with Gasteiger partial charge in [0.1, 0.15) is 5.54 Å². The van der Waals surface area contributed by atoms with E-state index < -0.39 is 23.3 Å². The monoisotopic (exact) mass is 238 g/mol. The Balaban J connectivity index is 3.32. The molecule has 3 amide bonds. The van der Waals surface area contributed by atoms with Crippen molar-refractivity contribution in [2.45, 2.75) is 40.2 Å². The maximum Gasteiger partial charge on any atom is 0.257 e. The van der Waals surface area contributed by atoms with Crippen molar-refractivity contribution in [3.05, 3.63) is 11.1 Å². The molecule has 5 heteroatoms. The summed E-state index contributed by atoms with van der Waals surface area (Å²) < 4.78 is 0. The lowest BCUT2D eigenvalue weighted by molar-refractivity contribution is -0.153. The summed E-state index contributed by atoms with van der Waals surface area (Å²) in [6.07, 6.45) is 0. The Kier molecular flexibility index (Phi) is 3.14. The molecule has 1 atom stereocenters. The Bertz CT molecular complexity index is 413. The second-order valence-corrected chi connectivity index (χ2v) is 4.86. The Morgan fingerprint density at radius 2 is 1.53 bits per heavy atom. The minimum absolute atomic E-state index is 0.244. The van der Waals surface area contributed by atoms with Crippen molar-refractivity contribution in [3.8, 4) is 0 Å². The smallest absolute Gasteiger partial charge is 0.257 e. The molecule has 0 saturated heterocycles. The molecule has 0 fully saturated rings. The van der Waals surface area contributed by atoms with Gasteiger partial charge in [-0.05, 0) is 26.7 Å². The van der Waals surface area contributed by atoms with Gasteiger partial charge in [0.25, 0.3) is 11.8 Å². The molecule has 0 bridgehead atoms. The summed E-state index contributed by atoms with van der Waals surface area (Å²) >= 11 is 0. The van der Waals surface area contributed by atoms with Gasteiger partial charge >= 0.3 is 0 Å². The van der Waals surface area contributed by atoms with E-state index in [0.29, 0.717) is 11.1 Å². The lowest BCUT2D eigenvalue weighted by Gasteiger charge is -2.38. The van der Waals surface area contributed by atoms with Crippen molar-refractivity contribution in [3.63, 3.8) is 0 Å². The molecule has 1 aliphatic rings. The zero-order valence-corrected chi connectivity index (χ0v) is 10.8. The first-order valence-electron chi connectivity index (χ1n) is 5.52. The average Bonchev–Trinajstić information content (AvgIpc) is 2.42. The number of primary amides is 1. The Morgan fingerprint density at radius 1 is 1.18 bits per heavy atom. The van der Waals surface area contributed by atoms with Gasteiger partial charge < -0.3 is 5.73 Å². The SMILES string of the molecule is CC1=C(C)C(=O)N(C(C)(C(N)=O)C(C)C)C1=O. The molecular weight excluding hydrogens is 220 g/mol. The topological polar surface area (TPSA) is 80.5 Å². The number of carbonyl (C=O) groups excluding carboxylic acids is 3. The molecule has 1 rings (SSSR count). The van der Waals surface area contributed by atoms with Crippen LogP contribution in [0.3, 0.4) is 0 Å². The van der Waals surface area contributed by atoms with Crippen LogP contribution in [0.2, 0.25) is 0 Å². The van der Waals surface area contributed by atoms with Crippen molar-refractivity contribution in [2.75, 3.05) is 0 Å². The molecule has 5 nitrogen and oxygen atoms in total. The van der Waals surface area contributed by atoms with E-state index in [0.717, 1.165) is 4.90 Å². The fourth-order valence-corrected chi connectivity index (χ4v) is 1.82. The highest BCUT2D eigenvalue weighted by Gasteiger charge is 2.50. The summed E-state index contributed by atoms with van der Waals surface area (Å²) in [5.74, 6) is -1.77. The van der Waals surface area contributed by atoms with Gasteiger partial charge in [0, 0.05) is 11.1 Å². The summed E-state index contributed by atoms with van der Waals surface area (Å²) in [4.78, 5) is 36.6. The van der Waals surface area contributed by atoms with E-state index in [1.807, 2.05) is 0 Å². The molecule has 1 heterocycles. The second kappa shape index (κ2) is 3.98. The predicted octanol–water partition coefficient (Wildman–Crippen LogP) is 0.592. The Labute approximate surface area is 101 Å². The quantitative estimate of drug-likeness (QED) is 0.731. The molecule has 0 aromatic carbocycles. The summed E-state index contributed by atoms with van der Waals surface area (Å²) in [7, 11) is 0. The third-order valence-electron chi connectivity index (χ3n) is 3.70. The molecule has 0 aliphatic carbocycles. The second-order valence-electron chi connectivity index (χ2n) is 4.86. The van der Waals surface area contributed by atoms with Crippen LogP contribution in [0.25, 0.3) is 0 Å². The summed E-state index contributed by atoms with van der Waals surface area (Å²) in [5.41, 5.74) is 4.83. The zero-order chi connectivity index (χ0) is 13.5. The number of carbonyl (C=O) groups is 3. The van der Waals surface area contributed by atoms with Crippen LogP contribution >= 0.6 is 0 Å². The van der Waals surface area contributed by atoms with E-state index in [2.05, 4.69) is 0 Å². The van der Waals surface area contributed by atoms with E-state index in [1.54, 1.807) is 27.7 Å². The van der Waals surface area contributed by atoms with Gasteiger partial charge in [-0.1, -0.05) is 13.8 Å². The maximum absolute atomic E-state index is 12.0. The average molecular weight is 238 g/mol. The molecule has 0 aromatic heterocycles. The van der Waals surface area contributed by atoms with Gasteiger partial charge in [0.05, 0.1) is 0 Å². The van der Waals surface area contributed by atoms with Crippen molar-refractivity contribution >= 4 is 17.7 Å². The van der Waals surface area contributed by atoms with E-state index in [4.69, 9.17) is 5.73 Å². The van der Waals surface area contributed by atoms with Gasteiger partial charge in [0.2, 0.25) is 5.91 Å². The maximum atomic E-state index is 12.0. The molecule has 0 saturated carbocycles. The van der Waals surface area contributed by atoms with Crippen LogP contribution in [0.1, 0.15) is 34.6 Å². The summed E-state index contributed by atoms with van der Waals surface area (Å²) in [5, 5.41) is 0. The Morgan fingerprint density at radius 3 is 1.76 bits per heavy atom. The lowest BCUT2D eigenvalue weighted by Crippen LogP contribution is -2.61. The standard InChI is InChI=1S/C12H18N2O3/c1-6(2)12(5,11(13)17)14-9(15)7(3)8(4)10(14)16/h6H,1-5H3,(H2,13,17). The number of rotatable bonds is 3. The lowest BCUT2D eigenvalue weighted by atomic mass is 9.85. The normalized spacial score (nSPS) is 20.2. The highest BCUT2D eigenvalue weighted by atomic mass is 16.2. The molecule has 0 radical (unpaired) electrons. The highest BCUT2D eigenvalue weighted by molar-refractivity contribution is 6.21. The van der Waals surface area contributed by atoms with Gasteiger partial charge in [-0.15, -0.1) is 0 Å². The third-order valence-corrected chi connectivity index (χ3v) is 3.70. The number of nitrogens with zero attached hydrogens (tertiary/aromatic N) is 1. The van der Waals surface area contributed by atoms with Crippen LogP contribution in [0.5, 0.6) is 0 Å². The Hall–Kier alpha value is -1.65. The van der Waals surface area contributed by atoms with E-state index in [9.17, 15) is 14.4 Å². The molecule has 1 unspecified atom stereocenters. The number of hydrogen-bond acceptors (Lipinski definition) is 3. The molecule has 17 heavy (non-hydrogen) atoms. The first-order chi connectivity index (χ1) is 7.65. The van der Waals surface area contributed by atoms with Gasteiger partial charge in [0.15, 0.2) is 0 Å². The van der Waals surface area contributed by atoms with Crippen molar-refractivity contribution < 1.29 is 14.4 Å². The highest BCUT2D eigenvalue weighted by Crippen LogP contribution is 2.32. The summed E-state index contributed by atoms with van der Waals surface area (Å²) in [6, 6.07) is 0. The van der Waals surface area contributed by atoms with E-state index in [-0.39, 0.29) is 5.92 Å². The largest absolute Gasteiger partial charge is 0.368 e. The van der Waals surface area contributed by atoms with Crippen LogP contribution in [0.15, 0.2) is 11.1 Å². The van der Waals surface area contributed by atoms with Crippen molar-refractivity contribution in [1.29, 1.82) is 0 Å². The van der Waals surface area contributed by atoms with Crippen LogP contribution in [-0.2, 0) is 14.4 Å². The first-order valence-corrected chi connectivity index (χ1v) is 5.52. The minimum Gasteiger partial charge on any atom is -0.368 e. The van der Waals surface area contributed by atoms with Gasteiger partial charge in [-0.2, -0.15) is 0 Å². The van der Waals surface area contributed by atoms with Crippen LogP contribution in [0, 0.1) is 5.92 Å². The fourth-order valence-electron chi connectivity index (χ4n) is 1.82. The minimum atomic E-state index is -1.28. The van der Waals surface area contributed by atoms with Crippen LogP contribution in [-0.4, -0.2) is 28.2 Å². The summed E-state index contributed by atoms with van der Waals surface area (Å²) in [6.45, 7) is 8.21. The van der Waals surface area contributed by atoms with Crippen LogP contribution in [0.4, 0.5) is 0 Å². The molecule has 0 spiro atoms. The van der Waals surface area contributed by atoms with Gasteiger partial charge in [-0.3, -0.25) is 19.3 Å². The number of nitrogens with two attached hydrogens (primary N) is 1. The number of amides is 3. The number of imide groups is 1. The molecule has 0 aromatic rings. The van der Waals surface area contributed by atoms with Crippen molar-refractivity contribution in [2.24, 2.45) is 11.7 Å². The molecule has 1 aliphatic heterocycles.